The lowest BCUT2D eigenvalue weighted by Gasteiger charge is -2.36. The predicted octanol–water partition coefficient (Wildman–Crippen LogP) is 2.58. The van der Waals surface area contributed by atoms with Gasteiger partial charge in [0.1, 0.15) is 5.82 Å². The molecule has 1 atom stereocenters. The van der Waals surface area contributed by atoms with Crippen LogP contribution in [0.15, 0.2) is 24.3 Å². The van der Waals surface area contributed by atoms with Crippen LogP contribution in [0.2, 0.25) is 0 Å². The maximum atomic E-state index is 5.80. The molecule has 0 aliphatic carbocycles. The van der Waals surface area contributed by atoms with E-state index in [1.807, 2.05) is 24.3 Å². The van der Waals surface area contributed by atoms with Crippen molar-refractivity contribution in [3.63, 3.8) is 0 Å². The Kier molecular flexibility index (Phi) is 3.22. The van der Waals surface area contributed by atoms with Crippen molar-refractivity contribution in [1.29, 1.82) is 0 Å². The highest BCUT2D eigenvalue weighted by Crippen LogP contribution is 2.28. The molecule has 0 radical (unpaired) electrons. The average Bonchev–Trinajstić information content (AvgIpc) is 2.37. The summed E-state index contributed by atoms with van der Waals surface area (Å²) in [4.78, 5) is 8.62. The van der Waals surface area contributed by atoms with E-state index in [1.54, 1.807) is 0 Å². The van der Waals surface area contributed by atoms with Crippen LogP contribution in [0.5, 0.6) is 0 Å². The zero-order valence-corrected chi connectivity index (χ0v) is 11.9. The first-order valence-electron chi connectivity index (χ1n) is 6.96. The van der Waals surface area contributed by atoms with Crippen molar-refractivity contribution >= 4 is 22.7 Å². The van der Waals surface area contributed by atoms with E-state index in [9.17, 15) is 0 Å². The Morgan fingerprint density at radius 2 is 2.10 bits per heavy atom. The Labute approximate surface area is 118 Å². The molecule has 20 heavy (non-hydrogen) atoms. The van der Waals surface area contributed by atoms with Gasteiger partial charge in [-0.3, -0.25) is 0 Å². The van der Waals surface area contributed by atoms with Crippen LogP contribution in [0.3, 0.4) is 0 Å². The van der Waals surface area contributed by atoms with Gasteiger partial charge in [-0.15, -0.1) is 0 Å². The molecule has 0 amide bonds. The summed E-state index contributed by atoms with van der Waals surface area (Å²) in [5, 5.41) is 4.51. The Morgan fingerprint density at radius 3 is 2.90 bits per heavy atom. The van der Waals surface area contributed by atoms with Crippen LogP contribution < -0.4 is 11.1 Å². The standard InChI is InChI=1S/C15H20N4O/c1-15(2)9-10(7-8-20-15)17-13-11-5-3-4-6-12(11)18-14(16)19-13/h3-6,10H,7-9H2,1-2H3,(H3,16,17,18,19). The number of ether oxygens (including phenoxy) is 1. The fourth-order valence-corrected chi connectivity index (χ4v) is 2.75. The van der Waals surface area contributed by atoms with Gasteiger partial charge in [-0.1, -0.05) is 12.1 Å². The minimum Gasteiger partial charge on any atom is -0.375 e. The molecule has 1 aliphatic heterocycles. The van der Waals surface area contributed by atoms with Crippen molar-refractivity contribution in [1.82, 2.24) is 9.97 Å². The molecule has 1 aromatic carbocycles. The summed E-state index contributed by atoms with van der Waals surface area (Å²) in [5.41, 5.74) is 6.57. The van der Waals surface area contributed by atoms with Gasteiger partial charge in [0.15, 0.2) is 0 Å². The number of nitrogen functional groups attached to an aromatic ring is 1. The van der Waals surface area contributed by atoms with Gasteiger partial charge in [-0.2, -0.15) is 4.98 Å². The molecule has 1 saturated heterocycles. The number of anilines is 2. The average molecular weight is 272 g/mol. The Hall–Kier alpha value is -1.88. The van der Waals surface area contributed by atoms with Gasteiger partial charge in [0.05, 0.1) is 11.1 Å². The summed E-state index contributed by atoms with van der Waals surface area (Å²) < 4.78 is 5.75. The Bertz CT molecular complexity index is 626. The van der Waals surface area contributed by atoms with E-state index in [0.717, 1.165) is 36.2 Å². The lowest BCUT2D eigenvalue weighted by molar-refractivity contribution is -0.0553. The van der Waals surface area contributed by atoms with E-state index in [2.05, 4.69) is 29.1 Å². The zero-order chi connectivity index (χ0) is 14.2. The van der Waals surface area contributed by atoms with Gasteiger partial charge >= 0.3 is 0 Å². The number of nitrogens with zero attached hydrogens (tertiary/aromatic N) is 2. The molecule has 5 nitrogen and oxygen atoms in total. The first-order chi connectivity index (χ1) is 9.53. The van der Waals surface area contributed by atoms with Gasteiger partial charge in [-0.05, 0) is 38.8 Å². The molecule has 3 N–H and O–H groups in total. The van der Waals surface area contributed by atoms with Crippen LogP contribution in [-0.2, 0) is 4.74 Å². The number of fused-ring (bicyclic) bond motifs is 1. The van der Waals surface area contributed by atoms with Crippen LogP contribution >= 0.6 is 0 Å². The molecule has 0 bridgehead atoms. The van der Waals surface area contributed by atoms with E-state index < -0.39 is 0 Å². The Morgan fingerprint density at radius 1 is 1.30 bits per heavy atom. The molecule has 3 rings (SSSR count). The summed E-state index contributed by atoms with van der Waals surface area (Å²) in [6.45, 7) is 5.00. The molecule has 2 heterocycles. The normalized spacial score (nSPS) is 21.8. The molecule has 1 fully saturated rings. The maximum absolute atomic E-state index is 5.80. The second-order valence-corrected chi connectivity index (χ2v) is 5.89. The van der Waals surface area contributed by atoms with E-state index in [-0.39, 0.29) is 5.60 Å². The van der Waals surface area contributed by atoms with E-state index in [1.165, 1.54) is 0 Å². The van der Waals surface area contributed by atoms with E-state index >= 15 is 0 Å². The monoisotopic (exact) mass is 272 g/mol. The van der Waals surface area contributed by atoms with Crippen LogP contribution in [0.25, 0.3) is 10.9 Å². The smallest absolute Gasteiger partial charge is 0.222 e. The molecule has 1 unspecified atom stereocenters. The number of hydrogen-bond acceptors (Lipinski definition) is 5. The first-order valence-corrected chi connectivity index (χ1v) is 6.96. The molecular formula is C15H20N4O. The minimum atomic E-state index is -0.0930. The zero-order valence-electron chi connectivity index (χ0n) is 11.9. The second kappa shape index (κ2) is 4.90. The third-order valence-electron chi connectivity index (χ3n) is 3.66. The van der Waals surface area contributed by atoms with Crippen molar-refractivity contribution in [3.05, 3.63) is 24.3 Å². The number of para-hydroxylation sites is 1. The molecular weight excluding hydrogens is 252 g/mol. The molecule has 5 heteroatoms. The van der Waals surface area contributed by atoms with Crippen molar-refractivity contribution in [2.75, 3.05) is 17.7 Å². The molecule has 1 aliphatic rings. The van der Waals surface area contributed by atoms with Gasteiger partial charge in [0.25, 0.3) is 0 Å². The number of rotatable bonds is 2. The van der Waals surface area contributed by atoms with Gasteiger partial charge in [0.2, 0.25) is 5.95 Å². The minimum absolute atomic E-state index is 0.0930. The fourth-order valence-electron chi connectivity index (χ4n) is 2.75. The van der Waals surface area contributed by atoms with Gasteiger partial charge < -0.3 is 15.8 Å². The maximum Gasteiger partial charge on any atom is 0.222 e. The molecule has 2 aromatic rings. The van der Waals surface area contributed by atoms with Crippen LogP contribution in [0, 0.1) is 0 Å². The topological polar surface area (TPSA) is 73.1 Å². The van der Waals surface area contributed by atoms with Crippen LogP contribution in [0.4, 0.5) is 11.8 Å². The quantitative estimate of drug-likeness (QED) is 0.879. The lowest BCUT2D eigenvalue weighted by Crippen LogP contribution is -2.40. The lowest BCUT2D eigenvalue weighted by atomic mass is 9.94. The van der Waals surface area contributed by atoms with Crippen molar-refractivity contribution in [3.8, 4) is 0 Å². The number of aromatic nitrogens is 2. The first kappa shape index (κ1) is 13.1. The summed E-state index contributed by atoms with van der Waals surface area (Å²) in [7, 11) is 0. The second-order valence-electron chi connectivity index (χ2n) is 5.89. The largest absolute Gasteiger partial charge is 0.375 e. The van der Waals surface area contributed by atoms with Crippen molar-refractivity contribution < 1.29 is 4.74 Å². The molecule has 0 spiro atoms. The van der Waals surface area contributed by atoms with Gasteiger partial charge in [-0.25, -0.2) is 4.98 Å². The van der Waals surface area contributed by atoms with E-state index in [4.69, 9.17) is 10.5 Å². The third-order valence-corrected chi connectivity index (χ3v) is 3.66. The van der Waals surface area contributed by atoms with Crippen LogP contribution in [0.1, 0.15) is 26.7 Å². The molecule has 106 valence electrons. The van der Waals surface area contributed by atoms with Gasteiger partial charge in [0, 0.05) is 18.0 Å². The van der Waals surface area contributed by atoms with Crippen molar-refractivity contribution in [2.45, 2.75) is 38.3 Å². The Balaban J connectivity index is 1.90. The highest BCUT2D eigenvalue weighted by molar-refractivity contribution is 5.89. The summed E-state index contributed by atoms with van der Waals surface area (Å²) in [6.07, 6.45) is 1.92. The summed E-state index contributed by atoms with van der Waals surface area (Å²) in [5.74, 6) is 1.12. The number of nitrogens with two attached hydrogens (primary N) is 1. The fraction of sp³-hybridized carbons (Fsp3) is 0.467. The number of hydrogen-bond donors (Lipinski definition) is 2. The predicted molar refractivity (Wildman–Crippen MR) is 80.6 cm³/mol. The molecule has 1 aromatic heterocycles. The summed E-state index contributed by atoms with van der Waals surface area (Å²) in [6, 6.07) is 8.25. The number of nitrogens with one attached hydrogen (secondary N) is 1. The van der Waals surface area contributed by atoms with Crippen molar-refractivity contribution in [2.24, 2.45) is 0 Å². The molecule has 0 saturated carbocycles. The van der Waals surface area contributed by atoms with Crippen LogP contribution in [-0.4, -0.2) is 28.2 Å². The summed E-state index contributed by atoms with van der Waals surface area (Å²) >= 11 is 0. The SMILES string of the molecule is CC1(C)CC(Nc2nc(N)nc3ccccc23)CCO1. The number of benzene rings is 1. The highest BCUT2D eigenvalue weighted by atomic mass is 16.5. The highest BCUT2D eigenvalue weighted by Gasteiger charge is 2.29. The van der Waals surface area contributed by atoms with E-state index in [0.29, 0.717) is 12.0 Å². The third kappa shape index (κ3) is 2.67.